The van der Waals surface area contributed by atoms with E-state index in [-0.39, 0.29) is 5.78 Å². The number of unbranched alkanes of at least 4 members (excludes halogenated alkanes) is 4. The molecule has 0 rings (SSSR count). The van der Waals surface area contributed by atoms with Crippen LogP contribution in [0.3, 0.4) is 0 Å². The van der Waals surface area contributed by atoms with Crippen molar-refractivity contribution in [1.82, 2.24) is 0 Å². The Kier molecular flexibility index (Phi) is 7.67. The Morgan fingerprint density at radius 1 is 1.00 bits per heavy atom. The van der Waals surface area contributed by atoms with Gasteiger partial charge in [0.15, 0.2) is 5.78 Å². The molecule has 0 aliphatic heterocycles. The molecule has 0 aromatic carbocycles. The summed E-state index contributed by atoms with van der Waals surface area (Å²) in [6.07, 6.45) is 7.35. The van der Waals surface area contributed by atoms with Gasteiger partial charge in [-0.2, -0.15) is 0 Å². The van der Waals surface area contributed by atoms with Gasteiger partial charge < -0.3 is 5.11 Å². The SMILES string of the molecule is CCCCCCCC(=O)C(O)(CC)CC. The van der Waals surface area contributed by atoms with Gasteiger partial charge in [0.2, 0.25) is 0 Å². The van der Waals surface area contributed by atoms with Crippen LogP contribution in [0.5, 0.6) is 0 Å². The van der Waals surface area contributed by atoms with Crippen LogP contribution >= 0.6 is 0 Å². The highest BCUT2D eigenvalue weighted by atomic mass is 16.3. The number of aliphatic hydroxyl groups is 1. The minimum absolute atomic E-state index is 0.0315. The second-order valence-electron chi connectivity index (χ2n) is 4.33. The molecule has 0 atom stereocenters. The fraction of sp³-hybridized carbons (Fsp3) is 0.923. The zero-order valence-electron chi connectivity index (χ0n) is 10.5. The molecule has 0 aliphatic carbocycles. The van der Waals surface area contributed by atoms with Crippen molar-refractivity contribution in [2.75, 3.05) is 0 Å². The molecule has 0 fully saturated rings. The number of rotatable bonds is 9. The largest absolute Gasteiger partial charge is 0.382 e. The number of carbonyl (C=O) groups excluding carboxylic acids is 1. The Balaban J connectivity index is 3.73. The van der Waals surface area contributed by atoms with Gasteiger partial charge in [0, 0.05) is 6.42 Å². The molecule has 0 aliphatic rings. The predicted octanol–water partition coefficient (Wildman–Crippen LogP) is 3.47. The molecule has 0 radical (unpaired) electrons. The lowest BCUT2D eigenvalue weighted by Crippen LogP contribution is -2.36. The van der Waals surface area contributed by atoms with Gasteiger partial charge in [-0.15, -0.1) is 0 Å². The Hall–Kier alpha value is -0.370. The molecule has 0 saturated heterocycles. The summed E-state index contributed by atoms with van der Waals surface area (Å²) in [6.45, 7) is 5.93. The van der Waals surface area contributed by atoms with E-state index in [1.54, 1.807) is 0 Å². The van der Waals surface area contributed by atoms with Gasteiger partial charge >= 0.3 is 0 Å². The molecular weight excluding hydrogens is 188 g/mol. The molecule has 0 unspecified atom stereocenters. The third-order valence-electron chi connectivity index (χ3n) is 3.20. The third-order valence-corrected chi connectivity index (χ3v) is 3.20. The lowest BCUT2D eigenvalue weighted by Gasteiger charge is -2.23. The van der Waals surface area contributed by atoms with Crippen LogP contribution in [0.2, 0.25) is 0 Å². The number of hydrogen-bond donors (Lipinski definition) is 1. The molecule has 15 heavy (non-hydrogen) atoms. The fourth-order valence-corrected chi connectivity index (χ4v) is 1.77. The van der Waals surface area contributed by atoms with E-state index < -0.39 is 5.60 Å². The van der Waals surface area contributed by atoms with E-state index in [4.69, 9.17) is 0 Å². The number of hydrogen-bond acceptors (Lipinski definition) is 2. The Labute approximate surface area is 94.1 Å². The molecule has 2 nitrogen and oxygen atoms in total. The first-order valence-electron chi connectivity index (χ1n) is 6.36. The summed E-state index contributed by atoms with van der Waals surface area (Å²) in [5.74, 6) is 0.0315. The van der Waals surface area contributed by atoms with E-state index in [0.717, 1.165) is 12.8 Å². The van der Waals surface area contributed by atoms with Gasteiger partial charge in [0.05, 0.1) is 0 Å². The quantitative estimate of drug-likeness (QED) is 0.597. The maximum Gasteiger partial charge on any atom is 0.164 e. The highest BCUT2D eigenvalue weighted by Gasteiger charge is 2.30. The monoisotopic (exact) mass is 214 g/mol. The fourth-order valence-electron chi connectivity index (χ4n) is 1.77. The van der Waals surface area contributed by atoms with Gasteiger partial charge in [-0.3, -0.25) is 4.79 Å². The number of carbonyl (C=O) groups is 1. The van der Waals surface area contributed by atoms with Crippen molar-refractivity contribution in [3.8, 4) is 0 Å². The average Bonchev–Trinajstić information content (AvgIpc) is 2.27. The number of ketones is 1. The molecule has 2 heteroatoms. The lowest BCUT2D eigenvalue weighted by atomic mass is 9.89. The van der Waals surface area contributed by atoms with Crippen molar-refractivity contribution in [2.45, 2.75) is 77.7 Å². The maximum absolute atomic E-state index is 11.7. The smallest absolute Gasteiger partial charge is 0.164 e. The van der Waals surface area contributed by atoms with Crippen LogP contribution < -0.4 is 0 Å². The average molecular weight is 214 g/mol. The summed E-state index contributed by atoms with van der Waals surface area (Å²) in [4.78, 5) is 11.7. The molecule has 0 saturated carbocycles. The van der Waals surface area contributed by atoms with Crippen LogP contribution in [0.15, 0.2) is 0 Å². The van der Waals surface area contributed by atoms with E-state index in [0.29, 0.717) is 19.3 Å². The van der Waals surface area contributed by atoms with Crippen molar-refractivity contribution in [1.29, 1.82) is 0 Å². The van der Waals surface area contributed by atoms with E-state index in [1.807, 2.05) is 13.8 Å². The Morgan fingerprint density at radius 2 is 1.53 bits per heavy atom. The minimum atomic E-state index is -1.05. The standard InChI is InChI=1S/C13H26O2/c1-4-7-8-9-10-11-12(14)13(15,5-2)6-3/h15H,4-11H2,1-3H3. The highest BCUT2D eigenvalue weighted by molar-refractivity contribution is 5.86. The zero-order valence-corrected chi connectivity index (χ0v) is 10.5. The summed E-state index contributed by atoms with van der Waals surface area (Å²) in [6, 6.07) is 0. The van der Waals surface area contributed by atoms with E-state index in [9.17, 15) is 9.90 Å². The summed E-state index contributed by atoms with van der Waals surface area (Å²) in [7, 11) is 0. The van der Waals surface area contributed by atoms with Gasteiger partial charge in [0.1, 0.15) is 5.60 Å². The number of Topliss-reactive ketones (excluding diaryl/α,β-unsaturated/α-hetero) is 1. The van der Waals surface area contributed by atoms with E-state index in [2.05, 4.69) is 6.92 Å². The Morgan fingerprint density at radius 3 is 2.00 bits per heavy atom. The van der Waals surface area contributed by atoms with Crippen molar-refractivity contribution in [3.05, 3.63) is 0 Å². The predicted molar refractivity (Wildman–Crippen MR) is 63.9 cm³/mol. The first-order valence-corrected chi connectivity index (χ1v) is 6.36. The topological polar surface area (TPSA) is 37.3 Å². The molecule has 1 N–H and O–H groups in total. The molecule has 0 aromatic rings. The van der Waals surface area contributed by atoms with Crippen LogP contribution in [-0.4, -0.2) is 16.5 Å². The summed E-state index contributed by atoms with van der Waals surface area (Å²) < 4.78 is 0. The Bertz CT molecular complexity index is 171. The van der Waals surface area contributed by atoms with Crippen LogP contribution in [0.4, 0.5) is 0 Å². The maximum atomic E-state index is 11.7. The second-order valence-corrected chi connectivity index (χ2v) is 4.33. The normalized spacial score (nSPS) is 11.7. The first-order chi connectivity index (χ1) is 7.10. The zero-order chi connectivity index (χ0) is 11.7. The molecule has 0 aromatic heterocycles. The van der Waals surface area contributed by atoms with Crippen molar-refractivity contribution >= 4 is 5.78 Å². The third kappa shape index (κ3) is 5.31. The molecular formula is C13H26O2. The van der Waals surface area contributed by atoms with E-state index in [1.165, 1.54) is 19.3 Å². The molecule has 0 amide bonds. The van der Waals surface area contributed by atoms with Crippen molar-refractivity contribution in [3.63, 3.8) is 0 Å². The molecule has 90 valence electrons. The highest BCUT2D eigenvalue weighted by Crippen LogP contribution is 2.19. The van der Waals surface area contributed by atoms with Gasteiger partial charge in [-0.05, 0) is 19.3 Å². The van der Waals surface area contributed by atoms with E-state index >= 15 is 0 Å². The lowest BCUT2D eigenvalue weighted by molar-refractivity contribution is -0.138. The van der Waals surface area contributed by atoms with Gasteiger partial charge in [-0.25, -0.2) is 0 Å². The summed E-state index contributed by atoms with van der Waals surface area (Å²) >= 11 is 0. The summed E-state index contributed by atoms with van der Waals surface area (Å²) in [5, 5.41) is 9.95. The molecule has 0 spiro atoms. The first kappa shape index (κ1) is 14.6. The van der Waals surface area contributed by atoms with Crippen molar-refractivity contribution < 1.29 is 9.90 Å². The van der Waals surface area contributed by atoms with Crippen LogP contribution in [0, 0.1) is 0 Å². The molecule has 0 heterocycles. The molecule has 0 bridgehead atoms. The van der Waals surface area contributed by atoms with Gasteiger partial charge in [-0.1, -0.05) is 46.5 Å². The summed E-state index contributed by atoms with van der Waals surface area (Å²) in [5.41, 5.74) is -1.05. The van der Waals surface area contributed by atoms with Crippen LogP contribution in [0.1, 0.15) is 72.1 Å². The van der Waals surface area contributed by atoms with Crippen LogP contribution in [0.25, 0.3) is 0 Å². The van der Waals surface area contributed by atoms with Crippen molar-refractivity contribution in [2.24, 2.45) is 0 Å². The minimum Gasteiger partial charge on any atom is -0.382 e. The van der Waals surface area contributed by atoms with Crippen LogP contribution in [-0.2, 0) is 4.79 Å². The second kappa shape index (κ2) is 7.86. The van der Waals surface area contributed by atoms with Gasteiger partial charge in [0.25, 0.3) is 0 Å².